The molecule has 2 heterocycles. The van der Waals surface area contributed by atoms with Gasteiger partial charge in [0, 0.05) is 34.7 Å². The second-order valence-electron chi connectivity index (χ2n) is 15.1. The Morgan fingerprint density at radius 3 is 2.14 bits per heavy atom. The van der Waals surface area contributed by atoms with E-state index in [0.717, 1.165) is 22.3 Å². The highest BCUT2D eigenvalue weighted by molar-refractivity contribution is 7.90. The first-order valence-corrected chi connectivity index (χ1v) is 20.1. The van der Waals surface area contributed by atoms with Crippen molar-refractivity contribution in [2.45, 2.75) is 70.3 Å². The number of fused-ring (bicyclic) bond motifs is 1. The molecule has 2 atom stereocenters. The van der Waals surface area contributed by atoms with Gasteiger partial charge in [0.25, 0.3) is 8.32 Å². The largest absolute Gasteiger partial charge is 0.597 e. The number of benzene rings is 3. The second-order valence-corrected chi connectivity index (χ2v) is 21.6. The average molecular weight is 708 g/mol. The van der Waals surface area contributed by atoms with Gasteiger partial charge in [-0.3, -0.25) is 4.90 Å². The molecule has 50 heavy (non-hydrogen) atoms. The molecule has 4 aromatic rings. The quantitative estimate of drug-likeness (QED) is 0.112. The molecule has 1 aromatic heterocycles. The van der Waals surface area contributed by atoms with Crippen molar-refractivity contribution in [1.82, 2.24) is 14.2 Å². The summed E-state index contributed by atoms with van der Waals surface area (Å²) in [6.07, 6.45) is 0.544. The van der Waals surface area contributed by atoms with Gasteiger partial charge in [0.2, 0.25) is 0 Å². The van der Waals surface area contributed by atoms with Crippen LogP contribution in [0.25, 0.3) is 11.3 Å². The van der Waals surface area contributed by atoms with Crippen LogP contribution in [-0.2, 0) is 22.3 Å². The van der Waals surface area contributed by atoms with Crippen LogP contribution in [-0.4, -0.2) is 70.1 Å². The number of pyridine rings is 1. The molecule has 262 valence electrons. The van der Waals surface area contributed by atoms with Crippen LogP contribution >= 0.6 is 0 Å². The molecule has 5 rings (SSSR count). The summed E-state index contributed by atoms with van der Waals surface area (Å²) in [4.78, 5) is 19.1. The number of carboxylic acid groups (broad SMARTS) is 1. The summed E-state index contributed by atoms with van der Waals surface area (Å²) in [5, 5.41) is 12.3. The number of hydrogen-bond donors (Lipinski definition) is 1. The number of carbonyl (C=O) groups is 1. The monoisotopic (exact) mass is 707 g/mol. The van der Waals surface area contributed by atoms with Crippen molar-refractivity contribution >= 4 is 36.0 Å². The third-order valence-electron chi connectivity index (χ3n) is 9.00. The van der Waals surface area contributed by atoms with Crippen molar-refractivity contribution in [3.8, 4) is 23.1 Å². The highest BCUT2D eigenvalue weighted by Crippen LogP contribution is 2.46. The van der Waals surface area contributed by atoms with Gasteiger partial charge in [-0.05, 0) is 80.5 Å². The molecule has 0 saturated carbocycles. The second kappa shape index (κ2) is 15.2. The highest BCUT2D eigenvalue weighted by Gasteiger charge is 2.51. The number of carboxylic acids is 1. The molecular weight excluding hydrogens is 659 g/mol. The summed E-state index contributed by atoms with van der Waals surface area (Å²) < 4.78 is 23.0. The lowest BCUT2D eigenvalue weighted by Crippen LogP contribution is -2.66. The van der Waals surface area contributed by atoms with E-state index in [9.17, 15) is 14.5 Å². The first-order valence-electron chi connectivity index (χ1n) is 17.1. The summed E-state index contributed by atoms with van der Waals surface area (Å²) >= 11 is -1.39. The van der Waals surface area contributed by atoms with E-state index < -0.39 is 30.4 Å². The standard InChI is InChI=1S/C41H49N3O4SSi/c1-40(2,3)49(47)44-29-32-28-35(39(45)46)42-38(31-19-15-17-30(27-31)18-16-25-43(7)8)37(32)36(44)24-26-48-50(41(4,5)6,33-20-11-9-12-21-33)34-22-13-10-14-23-34/h9-15,17,19-23,27-28,36H,24-26,29H2,1-8H3,(H,45,46)/t36-,49?/m1/s1. The molecular formula is C41H49N3O4SSi. The van der Waals surface area contributed by atoms with Crippen molar-refractivity contribution in [3.63, 3.8) is 0 Å². The van der Waals surface area contributed by atoms with E-state index in [2.05, 4.69) is 81.1 Å². The Bertz CT molecular complexity index is 1820. The Balaban J connectivity index is 1.62. The third kappa shape index (κ3) is 7.92. The Morgan fingerprint density at radius 1 is 0.980 bits per heavy atom. The summed E-state index contributed by atoms with van der Waals surface area (Å²) in [7, 11) is 1.11. The predicted molar refractivity (Wildman–Crippen MR) is 206 cm³/mol. The van der Waals surface area contributed by atoms with Gasteiger partial charge in [-0.15, -0.1) is 4.31 Å². The molecule has 0 aliphatic carbocycles. The maximum Gasteiger partial charge on any atom is 0.354 e. The van der Waals surface area contributed by atoms with E-state index >= 15 is 0 Å². The fourth-order valence-electron chi connectivity index (χ4n) is 6.81. The van der Waals surface area contributed by atoms with Crippen LogP contribution in [0.15, 0.2) is 91.0 Å². The molecule has 1 unspecified atom stereocenters. The van der Waals surface area contributed by atoms with Crippen molar-refractivity contribution in [2.75, 3.05) is 27.2 Å². The molecule has 1 aliphatic heterocycles. The molecule has 0 saturated heterocycles. The van der Waals surface area contributed by atoms with Gasteiger partial charge in [0.15, 0.2) is 0 Å². The lowest BCUT2D eigenvalue weighted by Gasteiger charge is -2.43. The third-order valence-corrected chi connectivity index (χ3v) is 15.9. The fraction of sp³-hybridized carbons (Fsp3) is 0.366. The topological polar surface area (TPSA) is 89.0 Å². The van der Waals surface area contributed by atoms with Crippen molar-refractivity contribution in [2.24, 2.45) is 0 Å². The molecule has 3 aromatic carbocycles. The van der Waals surface area contributed by atoms with Gasteiger partial charge in [0.05, 0.1) is 24.8 Å². The maximum absolute atomic E-state index is 14.2. The first kappa shape index (κ1) is 37.5. The van der Waals surface area contributed by atoms with Gasteiger partial charge in [-0.25, -0.2) is 9.78 Å². The van der Waals surface area contributed by atoms with Crippen LogP contribution < -0.4 is 10.4 Å². The normalized spacial score (nSPS) is 15.8. The van der Waals surface area contributed by atoms with E-state index in [0.29, 0.717) is 31.8 Å². The summed E-state index contributed by atoms with van der Waals surface area (Å²) in [5.41, 5.74) is 3.87. The zero-order valence-electron chi connectivity index (χ0n) is 30.5. The van der Waals surface area contributed by atoms with Crippen LogP contribution in [0, 0.1) is 11.8 Å². The number of nitrogens with zero attached hydrogens (tertiary/aromatic N) is 3. The Labute approximate surface area is 302 Å². The Hall–Kier alpha value is -3.75. The summed E-state index contributed by atoms with van der Waals surface area (Å²) in [5.74, 6) is 5.33. The molecule has 0 fully saturated rings. The van der Waals surface area contributed by atoms with Crippen LogP contribution in [0.4, 0.5) is 0 Å². The average Bonchev–Trinajstić information content (AvgIpc) is 3.43. The minimum absolute atomic E-state index is 0.0338. The van der Waals surface area contributed by atoms with Gasteiger partial charge in [0.1, 0.15) is 10.4 Å². The van der Waals surface area contributed by atoms with Gasteiger partial charge < -0.3 is 14.1 Å². The van der Waals surface area contributed by atoms with Crippen molar-refractivity contribution < 1.29 is 18.9 Å². The SMILES string of the molecule is CN(C)CC#Cc1cccc(-c2nc(C(=O)O)cc3c2[C@@H](CCO[Si](c2ccccc2)(c2ccccc2)C(C)(C)C)N([S+]([O-])C(C)(C)C)C3)c1. The molecule has 0 spiro atoms. The predicted octanol–water partition coefficient (Wildman–Crippen LogP) is 6.65. The number of aromatic carboxylic acids is 1. The Kier molecular flexibility index (Phi) is 11.4. The van der Waals surface area contributed by atoms with Crippen LogP contribution in [0.3, 0.4) is 0 Å². The molecule has 0 radical (unpaired) electrons. The highest BCUT2D eigenvalue weighted by atomic mass is 32.2. The van der Waals surface area contributed by atoms with Crippen LogP contribution in [0.5, 0.6) is 0 Å². The molecule has 7 nitrogen and oxygen atoms in total. The minimum atomic E-state index is -2.83. The lowest BCUT2D eigenvalue weighted by molar-refractivity contribution is 0.0690. The van der Waals surface area contributed by atoms with E-state index in [1.165, 1.54) is 10.4 Å². The Morgan fingerprint density at radius 2 is 1.60 bits per heavy atom. The molecule has 9 heteroatoms. The number of hydrogen-bond acceptors (Lipinski definition) is 6. The maximum atomic E-state index is 14.2. The van der Waals surface area contributed by atoms with Gasteiger partial charge in [-0.2, -0.15) is 0 Å². The number of rotatable bonds is 10. The zero-order chi connectivity index (χ0) is 36.3. The zero-order valence-corrected chi connectivity index (χ0v) is 32.3. The molecule has 1 N–H and O–H groups in total. The molecule has 0 bridgehead atoms. The van der Waals surface area contributed by atoms with E-state index in [4.69, 9.17) is 9.41 Å². The van der Waals surface area contributed by atoms with E-state index in [-0.39, 0.29) is 16.8 Å². The summed E-state index contributed by atoms with van der Waals surface area (Å²) in [6.45, 7) is 14.1. The lowest BCUT2D eigenvalue weighted by atomic mass is 9.95. The minimum Gasteiger partial charge on any atom is -0.597 e. The van der Waals surface area contributed by atoms with Crippen LogP contribution in [0.1, 0.15) is 81.2 Å². The van der Waals surface area contributed by atoms with Gasteiger partial charge in [-0.1, -0.05) is 105 Å². The van der Waals surface area contributed by atoms with Crippen molar-refractivity contribution in [3.05, 3.63) is 113 Å². The van der Waals surface area contributed by atoms with E-state index in [1.807, 2.05) is 80.5 Å². The van der Waals surface area contributed by atoms with Crippen molar-refractivity contribution in [1.29, 1.82) is 0 Å². The molecule has 0 amide bonds. The first-order chi connectivity index (χ1) is 23.6. The van der Waals surface area contributed by atoms with E-state index in [1.54, 1.807) is 6.07 Å². The summed E-state index contributed by atoms with van der Waals surface area (Å²) in [6, 6.07) is 30.2. The van der Waals surface area contributed by atoms with Crippen LogP contribution in [0.2, 0.25) is 5.04 Å². The number of aromatic nitrogens is 1. The molecule has 1 aliphatic rings. The fourth-order valence-corrected chi connectivity index (χ4v) is 12.8. The van der Waals surface area contributed by atoms with Gasteiger partial charge >= 0.3 is 5.97 Å². The smallest absolute Gasteiger partial charge is 0.354 e.